The quantitative estimate of drug-likeness (QED) is 0.372. The van der Waals surface area contributed by atoms with E-state index in [1.807, 2.05) is 35.0 Å². The minimum Gasteiger partial charge on any atom is -0.335 e. The van der Waals surface area contributed by atoms with Crippen LogP contribution in [0.2, 0.25) is 0 Å². The Kier molecular flexibility index (Phi) is 3.17. The van der Waals surface area contributed by atoms with Crippen molar-refractivity contribution in [2.75, 3.05) is 0 Å². The standard InChI is InChI=1S/C21H17N3O2/c1-2-9-23-12-15(16-5-3-4-6-17(16)23)11-22-24-20(25)18-13-7-8-14(10-13)19(18)21(24)26/h1,3-8,11-14,18-19H,9-10H2/b22-11+. The first-order chi connectivity index (χ1) is 12.7. The molecule has 5 rings (SSSR count). The second-order valence-corrected chi connectivity index (χ2v) is 7.17. The Morgan fingerprint density at radius 2 is 1.85 bits per heavy atom. The number of hydrogen-bond donors (Lipinski definition) is 0. The second kappa shape index (κ2) is 5.43. The number of imide groups is 1. The lowest BCUT2D eigenvalue weighted by atomic mass is 9.85. The first kappa shape index (κ1) is 15.2. The van der Waals surface area contributed by atoms with Crippen LogP contribution in [0.15, 0.2) is 47.7 Å². The maximum absolute atomic E-state index is 12.7. The third kappa shape index (κ3) is 1.96. The summed E-state index contributed by atoms with van der Waals surface area (Å²) >= 11 is 0. The van der Waals surface area contributed by atoms with Gasteiger partial charge in [0.25, 0.3) is 11.8 Å². The number of aromatic nitrogens is 1. The summed E-state index contributed by atoms with van der Waals surface area (Å²) in [7, 11) is 0. The molecule has 2 amide bonds. The van der Waals surface area contributed by atoms with E-state index in [0.29, 0.717) is 6.54 Å². The Labute approximate surface area is 151 Å². The van der Waals surface area contributed by atoms with Crippen LogP contribution in [0.4, 0.5) is 0 Å². The van der Waals surface area contributed by atoms with Gasteiger partial charge in [-0.15, -0.1) is 6.42 Å². The van der Waals surface area contributed by atoms with E-state index in [1.54, 1.807) is 6.21 Å². The van der Waals surface area contributed by atoms with Gasteiger partial charge in [-0.05, 0) is 24.3 Å². The lowest BCUT2D eigenvalue weighted by Gasteiger charge is -2.13. The molecule has 2 fully saturated rings. The SMILES string of the molecule is C#CCn1cc(/C=N/N2C(=O)C3C4C=CC(C4)C3C2=O)c2ccccc21. The highest BCUT2D eigenvalue weighted by atomic mass is 16.2. The minimum atomic E-state index is -0.225. The van der Waals surface area contributed by atoms with Crippen molar-refractivity contribution in [2.45, 2.75) is 13.0 Å². The van der Waals surface area contributed by atoms with Crippen LogP contribution in [-0.2, 0) is 16.1 Å². The van der Waals surface area contributed by atoms with Gasteiger partial charge in [0.05, 0.1) is 24.6 Å². The molecular formula is C21H17N3O2. The van der Waals surface area contributed by atoms with Crippen LogP contribution in [0.5, 0.6) is 0 Å². The van der Waals surface area contributed by atoms with Crippen molar-refractivity contribution in [3.8, 4) is 12.3 Å². The largest absolute Gasteiger partial charge is 0.335 e. The fourth-order valence-corrected chi connectivity index (χ4v) is 4.73. The molecule has 3 aliphatic rings. The average molecular weight is 343 g/mol. The zero-order valence-corrected chi connectivity index (χ0v) is 14.1. The summed E-state index contributed by atoms with van der Waals surface area (Å²) in [5.41, 5.74) is 1.85. The number of nitrogens with zero attached hydrogens (tertiary/aromatic N) is 3. The number of hydrogen-bond acceptors (Lipinski definition) is 3. The van der Waals surface area contributed by atoms with E-state index in [2.05, 4.69) is 23.2 Å². The summed E-state index contributed by atoms with van der Waals surface area (Å²) in [5, 5.41) is 6.35. The van der Waals surface area contributed by atoms with E-state index in [0.717, 1.165) is 27.9 Å². The number of carbonyl (C=O) groups is 2. The molecule has 1 aliphatic heterocycles. The lowest BCUT2D eigenvalue weighted by Crippen LogP contribution is -2.28. The molecule has 2 heterocycles. The van der Waals surface area contributed by atoms with Crippen LogP contribution >= 0.6 is 0 Å². The Morgan fingerprint density at radius 3 is 2.54 bits per heavy atom. The summed E-state index contributed by atoms with van der Waals surface area (Å²) in [6.07, 6.45) is 14.0. The fraction of sp³-hybridized carbons (Fsp3) is 0.286. The van der Waals surface area contributed by atoms with E-state index in [4.69, 9.17) is 6.42 Å². The zero-order valence-electron chi connectivity index (χ0n) is 14.1. The van der Waals surface area contributed by atoms with Crippen LogP contribution in [-0.4, -0.2) is 27.6 Å². The van der Waals surface area contributed by atoms with Gasteiger partial charge in [0, 0.05) is 22.7 Å². The van der Waals surface area contributed by atoms with Gasteiger partial charge in [-0.3, -0.25) is 9.59 Å². The summed E-state index contributed by atoms with van der Waals surface area (Å²) < 4.78 is 1.96. The molecule has 2 bridgehead atoms. The molecule has 0 radical (unpaired) electrons. The molecule has 1 saturated heterocycles. The van der Waals surface area contributed by atoms with Gasteiger partial charge < -0.3 is 4.57 Å². The highest BCUT2D eigenvalue weighted by molar-refractivity contribution is 6.07. The molecular weight excluding hydrogens is 326 g/mol. The van der Waals surface area contributed by atoms with E-state index in [1.165, 1.54) is 0 Å². The monoisotopic (exact) mass is 343 g/mol. The molecule has 2 aliphatic carbocycles. The number of benzene rings is 1. The van der Waals surface area contributed by atoms with Crippen molar-refractivity contribution in [1.29, 1.82) is 0 Å². The normalized spacial score (nSPS) is 29.3. The van der Waals surface area contributed by atoms with Crippen molar-refractivity contribution in [3.05, 3.63) is 48.2 Å². The predicted octanol–water partition coefficient (Wildman–Crippen LogP) is 2.42. The number of allylic oxidation sites excluding steroid dienone is 2. The van der Waals surface area contributed by atoms with Gasteiger partial charge in [0.15, 0.2) is 0 Å². The third-order valence-corrected chi connectivity index (χ3v) is 5.84. The summed E-state index contributed by atoms with van der Waals surface area (Å²) in [6.45, 7) is 0.453. The predicted molar refractivity (Wildman–Crippen MR) is 97.9 cm³/mol. The first-order valence-corrected chi connectivity index (χ1v) is 8.80. The van der Waals surface area contributed by atoms with Crippen LogP contribution in [0.25, 0.3) is 10.9 Å². The van der Waals surface area contributed by atoms with E-state index >= 15 is 0 Å². The smallest absolute Gasteiger partial charge is 0.254 e. The molecule has 0 spiro atoms. The number of hydrazone groups is 1. The maximum Gasteiger partial charge on any atom is 0.254 e. The van der Waals surface area contributed by atoms with Crippen LogP contribution in [0.3, 0.4) is 0 Å². The molecule has 1 saturated carbocycles. The zero-order chi connectivity index (χ0) is 17.8. The number of fused-ring (bicyclic) bond motifs is 6. The molecule has 1 aromatic carbocycles. The van der Waals surface area contributed by atoms with Crippen molar-refractivity contribution in [1.82, 2.24) is 9.58 Å². The molecule has 0 N–H and O–H groups in total. The van der Waals surface area contributed by atoms with Crippen molar-refractivity contribution in [3.63, 3.8) is 0 Å². The molecule has 4 atom stereocenters. The Hall–Kier alpha value is -3.13. The number of para-hydroxylation sites is 1. The molecule has 1 aromatic heterocycles. The maximum atomic E-state index is 12.7. The van der Waals surface area contributed by atoms with E-state index in [9.17, 15) is 9.59 Å². The van der Waals surface area contributed by atoms with Gasteiger partial charge in [-0.2, -0.15) is 10.1 Å². The Balaban J connectivity index is 1.48. The molecule has 5 heteroatoms. The molecule has 128 valence electrons. The third-order valence-electron chi connectivity index (χ3n) is 5.84. The Bertz CT molecular complexity index is 1010. The summed E-state index contributed by atoms with van der Waals surface area (Å²) in [4.78, 5) is 25.4. The Morgan fingerprint density at radius 1 is 1.15 bits per heavy atom. The lowest BCUT2D eigenvalue weighted by molar-refractivity contribution is -0.140. The van der Waals surface area contributed by atoms with Crippen molar-refractivity contribution >= 4 is 28.9 Å². The first-order valence-electron chi connectivity index (χ1n) is 8.80. The van der Waals surface area contributed by atoms with E-state index < -0.39 is 0 Å². The summed E-state index contributed by atoms with van der Waals surface area (Å²) in [5.74, 6) is 2.24. The molecule has 5 nitrogen and oxygen atoms in total. The van der Waals surface area contributed by atoms with Crippen LogP contribution < -0.4 is 0 Å². The van der Waals surface area contributed by atoms with Gasteiger partial charge in [0.1, 0.15) is 0 Å². The van der Waals surface area contributed by atoms with Gasteiger partial charge in [0.2, 0.25) is 0 Å². The molecule has 4 unspecified atom stereocenters. The summed E-state index contributed by atoms with van der Waals surface area (Å²) in [6, 6.07) is 7.87. The number of rotatable bonds is 3. The average Bonchev–Trinajstić information content (AvgIpc) is 3.39. The second-order valence-electron chi connectivity index (χ2n) is 7.17. The molecule has 26 heavy (non-hydrogen) atoms. The topological polar surface area (TPSA) is 54.7 Å². The van der Waals surface area contributed by atoms with Crippen LogP contribution in [0, 0.1) is 36.0 Å². The van der Waals surface area contributed by atoms with Gasteiger partial charge in [-0.25, -0.2) is 0 Å². The molecule has 2 aromatic rings. The van der Waals surface area contributed by atoms with Crippen molar-refractivity contribution < 1.29 is 9.59 Å². The van der Waals surface area contributed by atoms with E-state index in [-0.39, 0.29) is 35.5 Å². The van der Waals surface area contributed by atoms with Gasteiger partial charge >= 0.3 is 0 Å². The number of terminal acetylenes is 1. The highest BCUT2D eigenvalue weighted by Crippen LogP contribution is 2.52. The fourth-order valence-electron chi connectivity index (χ4n) is 4.73. The van der Waals surface area contributed by atoms with Crippen LogP contribution in [0.1, 0.15) is 12.0 Å². The van der Waals surface area contributed by atoms with Crippen molar-refractivity contribution in [2.24, 2.45) is 28.8 Å². The highest BCUT2D eigenvalue weighted by Gasteiger charge is 2.59. The minimum absolute atomic E-state index is 0.166. The number of amides is 2. The number of carbonyl (C=O) groups excluding carboxylic acids is 2. The van der Waals surface area contributed by atoms with Gasteiger partial charge in [-0.1, -0.05) is 36.3 Å².